The summed E-state index contributed by atoms with van der Waals surface area (Å²) >= 11 is 0. The van der Waals surface area contributed by atoms with Crippen molar-refractivity contribution in [2.24, 2.45) is 7.05 Å². The molecule has 0 saturated heterocycles. The van der Waals surface area contributed by atoms with E-state index in [9.17, 15) is 4.79 Å². The Hall–Kier alpha value is -2.03. The Morgan fingerprint density at radius 1 is 1.28 bits per heavy atom. The smallest absolute Gasteiger partial charge is 0.216 e. The second-order valence-corrected chi connectivity index (χ2v) is 4.22. The molecule has 0 spiro atoms. The third kappa shape index (κ3) is 2.80. The van der Waals surface area contributed by atoms with Gasteiger partial charge in [-0.05, 0) is 36.2 Å². The molecule has 0 unspecified atom stereocenters. The third-order valence-corrected chi connectivity index (χ3v) is 2.91. The van der Waals surface area contributed by atoms with Gasteiger partial charge in [0.05, 0.1) is 5.69 Å². The highest BCUT2D eigenvalue weighted by Gasteiger charge is 2.09. The lowest BCUT2D eigenvalue weighted by molar-refractivity contribution is 0.0913. The molecule has 1 aromatic carbocycles. The van der Waals surface area contributed by atoms with Crippen LogP contribution in [-0.2, 0) is 13.5 Å². The number of Topliss-reactive ketones (excluding diaryl/α,β-unsaturated/α-hetero) is 1. The number of aryl methyl sites for hydroxylation is 2. The number of ether oxygens (including phenoxy) is 1. The Morgan fingerprint density at radius 2 is 2.11 bits per heavy atom. The Kier molecular flexibility index (Phi) is 3.82. The summed E-state index contributed by atoms with van der Waals surface area (Å²) in [5.74, 6) is 0.737. The fourth-order valence-electron chi connectivity index (χ4n) is 1.83. The summed E-state index contributed by atoms with van der Waals surface area (Å²) in [7, 11) is 1.85. The lowest BCUT2D eigenvalue weighted by Crippen LogP contribution is -2.14. The van der Waals surface area contributed by atoms with Crippen LogP contribution in [0.4, 0.5) is 0 Å². The van der Waals surface area contributed by atoms with Gasteiger partial charge in [-0.2, -0.15) is 0 Å². The van der Waals surface area contributed by atoms with Gasteiger partial charge in [0.2, 0.25) is 5.78 Å². The second kappa shape index (κ2) is 5.54. The molecule has 18 heavy (non-hydrogen) atoms. The first-order chi connectivity index (χ1) is 8.70. The van der Waals surface area contributed by atoms with Gasteiger partial charge >= 0.3 is 0 Å². The zero-order chi connectivity index (χ0) is 13.0. The first-order valence-corrected chi connectivity index (χ1v) is 6.07. The van der Waals surface area contributed by atoms with Crippen LogP contribution in [0, 0.1) is 0 Å². The Morgan fingerprint density at radius 3 is 2.78 bits per heavy atom. The van der Waals surface area contributed by atoms with Gasteiger partial charge in [-0.25, -0.2) is 0 Å². The molecule has 0 aliphatic carbocycles. The molecule has 1 heterocycles. The van der Waals surface area contributed by atoms with Crippen molar-refractivity contribution >= 4 is 5.78 Å². The minimum absolute atomic E-state index is 0.00981. The van der Waals surface area contributed by atoms with Crippen LogP contribution in [0.5, 0.6) is 5.75 Å². The molecule has 0 atom stereocenters. The monoisotopic (exact) mass is 243 g/mol. The van der Waals surface area contributed by atoms with Gasteiger partial charge in [0, 0.05) is 13.2 Å². The maximum atomic E-state index is 11.9. The lowest BCUT2D eigenvalue weighted by atomic mass is 10.2. The minimum atomic E-state index is -0.00981. The van der Waals surface area contributed by atoms with Gasteiger partial charge in [0.25, 0.3) is 0 Å². The fraction of sp³-hybridized carbons (Fsp3) is 0.267. The number of rotatable bonds is 5. The average Bonchev–Trinajstić information content (AvgIpc) is 2.82. The normalized spacial score (nSPS) is 10.3. The molecule has 2 rings (SSSR count). The van der Waals surface area contributed by atoms with Crippen molar-refractivity contribution in [3.8, 4) is 5.75 Å². The second-order valence-electron chi connectivity index (χ2n) is 4.22. The van der Waals surface area contributed by atoms with E-state index in [1.165, 1.54) is 5.56 Å². The van der Waals surface area contributed by atoms with Crippen LogP contribution in [0.25, 0.3) is 0 Å². The molecule has 3 heteroatoms. The van der Waals surface area contributed by atoms with Crippen molar-refractivity contribution < 1.29 is 9.53 Å². The molecule has 0 aliphatic rings. The Balaban J connectivity index is 1.99. The van der Waals surface area contributed by atoms with E-state index in [4.69, 9.17) is 4.74 Å². The predicted octanol–water partition coefficient (Wildman–Crippen LogP) is 2.85. The SMILES string of the molecule is CCc1cccc(OCC(=O)c2cccn2C)c1. The zero-order valence-corrected chi connectivity index (χ0v) is 10.7. The van der Waals surface area contributed by atoms with E-state index in [-0.39, 0.29) is 12.4 Å². The Labute approximate surface area is 107 Å². The highest BCUT2D eigenvalue weighted by molar-refractivity contribution is 5.95. The van der Waals surface area contributed by atoms with Crippen molar-refractivity contribution in [2.45, 2.75) is 13.3 Å². The molecular formula is C15H17NO2. The fourth-order valence-corrected chi connectivity index (χ4v) is 1.83. The van der Waals surface area contributed by atoms with Crippen molar-refractivity contribution in [3.63, 3.8) is 0 Å². The number of carbonyl (C=O) groups excluding carboxylic acids is 1. The first kappa shape index (κ1) is 12.4. The molecule has 3 nitrogen and oxygen atoms in total. The minimum Gasteiger partial charge on any atom is -0.485 e. The molecule has 0 aliphatic heterocycles. The summed E-state index contributed by atoms with van der Waals surface area (Å²) in [6.07, 6.45) is 2.81. The topological polar surface area (TPSA) is 31.2 Å². The summed E-state index contributed by atoms with van der Waals surface area (Å²) in [5, 5.41) is 0. The largest absolute Gasteiger partial charge is 0.485 e. The van der Waals surface area contributed by atoms with E-state index in [2.05, 4.69) is 6.92 Å². The quantitative estimate of drug-likeness (QED) is 0.756. The van der Waals surface area contributed by atoms with E-state index in [1.54, 1.807) is 10.6 Å². The van der Waals surface area contributed by atoms with Crippen molar-refractivity contribution in [3.05, 3.63) is 53.9 Å². The molecule has 0 fully saturated rings. The standard InChI is InChI=1S/C15H17NO2/c1-3-12-6-4-7-13(10-12)18-11-15(17)14-8-5-9-16(14)2/h4-10H,3,11H2,1-2H3. The number of nitrogens with zero attached hydrogens (tertiary/aromatic N) is 1. The summed E-state index contributed by atoms with van der Waals surface area (Å²) in [6.45, 7) is 2.17. The van der Waals surface area contributed by atoms with Crippen molar-refractivity contribution in [1.29, 1.82) is 0 Å². The molecule has 2 aromatic rings. The van der Waals surface area contributed by atoms with Crippen LogP contribution in [0.15, 0.2) is 42.6 Å². The van der Waals surface area contributed by atoms with Crippen molar-refractivity contribution in [2.75, 3.05) is 6.61 Å². The van der Waals surface area contributed by atoms with Gasteiger partial charge in [-0.15, -0.1) is 0 Å². The van der Waals surface area contributed by atoms with E-state index in [0.717, 1.165) is 12.2 Å². The van der Waals surface area contributed by atoms with Gasteiger partial charge in [-0.3, -0.25) is 4.79 Å². The van der Waals surface area contributed by atoms with E-state index >= 15 is 0 Å². The predicted molar refractivity (Wildman–Crippen MR) is 71.1 cm³/mol. The van der Waals surface area contributed by atoms with Crippen molar-refractivity contribution in [1.82, 2.24) is 4.57 Å². The number of carbonyl (C=O) groups is 1. The molecular weight excluding hydrogens is 226 g/mol. The first-order valence-electron chi connectivity index (χ1n) is 6.07. The summed E-state index contributed by atoms with van der Waals surface area (Å²) < 4.78 is 7.33. The van der Waals surface area contributed by atoms with Crippen LogP contribution in [0.1, 0.15) is 23.0 Å². The van der Waals surface area contributed by atoms with E-state index in [0.29, 0.717) is 5.69 Å². The molecule has 1 aromatic heterocycles. The average molecular weight is 243 g/mol. The number of aromatic nitrogens is 1. The van der Waals surface area contributed by atoms with Crippen LogP contribution in [-0.4, -0.2) is 17.0 Å². The highest BCUT2D eigenvalue weighted by atomic mass is 16.5. The number of hydrogen-bond donors (Lipinski definition) is 0. The molecule has 94 valence electrons. The van der Waals surface area contributed by atoms with Crippen LogP contribution < -0.4 is 4.74 Å². The van der Waals surface area contributed by atoms with Gasteiger partial charge in [0.15, 0.2) is 6.61 Å². The highest BCUT2D eigenvalue weighted by Crippen LogP contribution is 2.14. The number of hydrogen-bond acceptors (Lipinski definition) is 2. The van der Waals surface area contributed by atoms with E-state index in [1.807, 2.05) is 43.6 Å². The van der Waals surface area contributed by atoms with Gasteiger partial charge in [-0.1, -0.05) is 19.1 Å². The number of ketones is 1. The molecule has 0 amide bonds. The molecule has 0 bridgehead atoms. The maximum Gasteiger partial charge on any atom is 0.216 e. The van der Waals surface area contributed by atoms with Gasteiger partial charge < -0.3 is 9.30 Å². The summed E-state index contributed by atoms with van der Waals surface area (Å²) in [5.41, 5.74) is 1.88. The zero-order valence-electron chi connectivity index (χ0n) is 10.7. The van der Waals surface area contributed by atoms with E-state index < -0.39 is 0 Å². The van der Waals surface area contributed by atoms with Crippen LogP contribution in [0.3, 0.4) is 0 Å². The third-order valence-electron chi connectivity index (χ3n) is 2.91. The molecule has 0 radical (unpaired) electrons. The summed E-state index contributed by atoms with van der Waals surface area (Å²) in [4.78, 5) is 11.9. The van der Waals surface area contributed by atoms with Crippen LogP contribution >= 0.6 is 0 Å². The number of benzene rings is 1. The summed E-state index contributed by atoms with van der Waals surface area (Å²) in [6, 6.07) is 11.5. The molecule has 0 saturated carbocycles. The van der Waals surface area contributed by atoms with Gasteiger partial charge in [0.1, 0.15) is 5.75 Å². The molecule has 0 N–H and O–H groups in total. The lowest BCUT2D eigenvalue weighted by Gasteiger charge is -2.07. The van der Waals surface area contributed by atoms with Crippen LogP contribution in [0.2, 0.25) is 0 Å². The maximum absolute atomic E-state index is 11.9. The Bertz CT molecular complexity index is 543.